The van der Waals surface area contributed by atoms with Crippen LogP contribution in [0, 0.1) is 11.6 Å². The zero-order valence-electron chi connectivity index (χ0n) is 9.24. The molecule has 1 aromatic carbocycles. The molecule has 2 N–H and O–H groups in total. The van der Waals surface area contributed by atoms with Gasteiger partial charge in [-0.05, 0) is 18.2 Å². The Morgan fingerprint density at radius 2 is 1.94 bits per heavy atom. The van der Waals surface area contributed by atoms with Gasteiger partial charge < -0.3 is 5.73 Å². The minimum absolute atomic E-state index is 0.0915. The number of benzene rings is 1. The van der Waals surface area contributed by atoms with Gasteiger partial charge in [0.2, 0.25) is 0 Å². The Kier molecular flexibility index (Phi) is 2.99. The van der Waals surface area contributed by atoms with Crippen LogP contribution in [0.2, 0.25) is 0 Å². The number of hydrogen-bond donors (Lipinski definition) is 1. The molecule has 0 radical (unpaired) electrons. The predicted molar refractivity (Wildman–Crippen MR) is 61.2 cm³/mol. The molecule has 0 fully saturated rings. The van der Waals surface area contributed by atoms with Crippen molar-refractivity contribution in [3.63, 3.8) is 0 Å². The van der Waals surface area contributed by atoms with Crippen molar-refractivity contribution in [2.24, 2.45) is 0 Å². The summed E-state index contributed by atoms with van der Waals surface area (Å²) in [5, 5.41) is 0. The summed E-state index contributed by atoms with van der Waals surface area (Å²) in [6, 6.07) is 4.65. The van der Waals surface area contributed by atoms with Gasteiger partial charge in [-0.25, -0.2) is 18.7 Å². The van der Waals surface area contributed by atoms with Gasteiger partial charge >= 0.3 is 0 Å². The maximum absolute atomic E-state index is 13.6. The maximum atomic E-state index is 13.6. The van der Waals surface area contributed by atoms with Crippen LogP contribution >= 0.6 is 0 Å². The molecule has 2 rings (SSSR count). The molecule has 0 spiro atoms. The lowest BCUT2D eigenvalue weighted by Crippen LogP contribution is -2.01. The highest BCUT2D eigenvalue weighted by molar-refractivity contribution is 5.62. The van der Waals surface area contributed by atoms with Gasteiger partial charge in [-0.2, -0.15) is 0 Å². The molecular weight excluding hydrogens is 224 g/mol. The molecule has 0 amide bonds. The minimum Gasteiger partial charge on any atom is -0.384 e. The van der Waals surface area contributed by atoms with E-state index in [2.05, 4.69) is 9.97 Å². The SMILES string of the molecule is CCc1nc(N)cc(-c2cc(F)ccc2F)n1. The van der Waals surface area contributed by atoms with Crippen molar-refractivity contribution in [2.75, 3.05) is 5.73 Å². The fraction of sp³-hybridized carbons (Fsp3) is 0.167. The first-order valence-electron chi connectivity index (χ1n) is 5.19. The number of hydrogen-bond acceptors (Lipinski definition) is 3. The average Bonchev–Trinajstić information content (AvgIpc) is 2.31. The Labute approximate surface area is 97.3 Å². The normalized spacial score (nSPS) is 10.5. The molecule has 1 aromatic heterocycles. The third kappa shape index (κ3) is 2.38. The van der Waals surface area contributed by atoms with Crippen LogP contribution in [0.3, 0.4) is 0 Å². The van der Waals surface area contributed by atoms with Gasteiger partial charge in [0.25, 0.3) is 0 Å². The first-order valence-corrected chi connectivity index (χ1v) is 5.19. The van der Waals surface area contributed by atoms with Crippen LogP contribution in [0.25, 0.3) is 11.3 Å². The molecule has 0 aliphatic carbocycles. The molecule has 1 heterocycles. The van der Waals surface area contributed by atoms with Crippen LogP contribution in [-0.2, 0) is 6.42 Å². The van der Waals surface area contributed by atoms with Gasteiger partial charge in [-0.3, -0.25) is 0 Å². The van der Waals surface area contributed by atoms with Crippen molar-refractivity contribution < 1.29 is 8.78 Å². The Morgan fingerprint density at radius 3 is 2.65 bits per heavy atom. The molecule has 0 bridgehead atoms. The summed E-state index contributed by atoms with van der Waals surface area (Å²) in [6.45, 7) is 1.86. The standard InChI is InChI=1S/C12H11F2N3/c1-2-12-16-10(6-11(15)17-12)8-5-7(13)3-4-9(8)14/h3-6H,2H2,1H3,(H2,15,16,17). The molecule has 3 nitrogen and oxygen atoms in total. The second-order valence-electron chi connectivity index (χ2n) is 3.57. The van der Waals surface area contributed by atoms with E-state index in [0.717, 1.165) is 18.2 Å². The van der Waals surface area contributed by atoms with Crippen molar-refractivity contribution in [2.45, 2.75) is 13.3 Å². The fourth-order valence-corrected chi connectivity index (χ4v) is 1.51. The summed E-state index contributed by atoms with van der Waals surface area (Å²) in [4.78, 5) is 8.11. The minimum atomic E-state index is -0.536. The molecule has 0 atom stereocenters. The number of anilines is 1. The van der Waals surface area contributed by atoms with E-state index in [1.54, 1.807) is 0 Å². The van der Waals surface area contributed by atoms with Crippen LogP contribution in [-0.4, -0.2) is 9.97 Å². The van der Waals surface area contributed by atoms with Gasteiger partial charge in [-0.15, -0.1) is 0 Å². The predicted octanol–water partition coefficient (Wildman–Crippen LogP) is 2.57. The third-order valence-corrected chi connectivity index (χ3v) is 2.31. The quantitative estimate of drug-likeness (QED) is 0.870. The summed E-state index contributed by atoms with van der Waals surface area (Å²) in [6.07, 6.45) is 0.578. The monoisotopic (exact) mass is 235 g/mol. The highest BCUT2D eigenvalue weighted by Crippen LogP contribution is 2.23. The van der Waals surface area contributed by atoms with Gasteiger partial charge in [0, 0.05) is 18.1 Å². The number of aromatic nitrogens is 2. The molecule has 0 saturated heterocycles. The van der Waals surface area contributed by atoms with E-state index in [9.17, 15) is 8.78 Å². The first-order chi connectivity index (χ1) is 8.10. The van der Waals surface area contributed by atoms with E-state index in [1.807, 2.05) is 6.92 Å². The lowest BCUT2D eigenvalue weighted by molar-refractivity contribution is 0.602. The van der Waals surface area contributed by atoms with E-state index in [0.29, 0.717) is 17.9 Å². The summed E-state index contributed by atoms with van der Waals surface area (Å²) < 4.78 is 26.6. The Balaban J connectivity index is 2.59. The van der Waals surface area contributed by atoms with Crippen LogP contribution in [0.5, 0.6) is 0 Å². The zero-order chi connectivity index (χ0) is 12.4. The third-order valence-electron chi connectivity index (χ3n) is 2.31. The van der Waals surface area contributed by atoms with Gasteiger partial charge in [0.1, 0.15) is 23.3 Å². The van der Waals surface area contributed by atoms with Gasteiger partial charge in [0.15, 0.2) is 0 Å². The number of halogens is 2. The Morgan fingerprint density at radius 1 is 1.18 bits per heavy atom. The van der Waals surface area contributed by atoms with Gasteiger partial charge in [0.05, 0.1) is 5.69 Å². The Bertz CT molecular complexity index is 555. The van der Waals surface area contributed by atoms with E-state index < -0.39 is 11.6 Å². The second-order valence-corrected chi connectivity index (χ2v) is 3.57. The van der Waals surface area contributed by atoms with Crippen molar-refractivity contribution >= 4 is 5.82 Å². The summed E-state index contributed by atoms with van der Waals surface area (Å²) >= 11 is 0. The molecule has 0 aliphatic rings. The highest BCUT2D eigenvalue weighted by atomic mass is 19.1. The number of nitrogen functional groups attached to an aromatic ring is 1. The van der Waals surface area contributed by atoms with E-state index in [4.69, 9.17) is 5.73 Å². The zero-order valence-corrected chi connectivity index (χ0v) is 9.24. The molecule has 17 heavy (non-hydrogen) atoms. The smallest absolute Gasteiger partial charge is 0.132 e. The molecule has 0 aliphatic heterocycles. The number of nitrogens with two attached hydrogens (primary N) is 1. The van der Waals surface area contributed by atoms with Crippen LogP contribution in [0.15, 0.2) is 24.3 Å². The molecule has 0 saturated carbocycles. The molecule has 88 valence electrons. The Hall–Kier alpha value is -2.04. The average molecular weight is 235 g/mol. The van der Waals surface area contributed by atoms with Crippen LogP contribution in [0.4, 0.5) is 14.6 Å². The van der Waals surface area contributed by atoms with Crippen molar-refractivity contribution in [1.29, 1.82) is 0 Å². The fourth-order valence-electron chi connectivity index (χ4n) is 1.51. The second kappa shape index (κ2) is 4.45. The highest BCUT2D eigenvalue weighted by Gasteiger charge is 2.10. The number of rotatable bonds is 2. The molecule has 0 unspecified atom stereocenters. The maximum Gasteiger partial charge on any atom is 0.132 e. The van der Waals surface area contributed by atoms with E-state index in [-0.39, 0.29) is 11.4 Å². The van der Waals surface area contributed by atoms with E-state index in [1.165, 1.54) is 6.07 Å². The van der Waals surface area contributed by atoms with Crippen LogP contribution < -0.4 is 5.73 Å². The van der Waals surface area contributed by atoms with E-state index >= 15 is 0 Å². The van der Waals surface area contributed by atoms with Crippen molar-refractivity contribution in [3.05, 3.63) is 41.7 Å². The largest absolute Gasteiger partial charge is 0.384 e. The molecule has 2 aromatic rings. The molecular formula is C12H11F2N3. The molecule has 5 heteroatoms. The van der Waals surface area contributed by atoms with Crippen LogP contribution in [0.1, 0.15) is 12.7 Å². The first kappa shape index (κ1) is 11.4. The number of aryl methyl sites for hydroxylation is 1. The van der Waals surface area contributed by atoms with Crippen molar-refractivity contribution in [3.8, 4) is 11.3 Å². The van der Waals surface area contributed by atoms with Gasteiger partial charge in [-0.1, -0.05) is 6.92 Å². The topological polar surface area (TPSA) is 51.8 Å². The van der Waals surface area contributed by atoms with Crippen molar-refractivity contribution in [1.82, 2.24) is 9.97 Å². The lowest BCUT2D eigenvalue weighted by Gasteiger charge is -2.05. The summed E-state index contributed by atoms with van der Waals surface area (Å²) in [5.74, 6) is -0.303. The summed E-state index contributed by atoms with van der Waals surface area (Å²) in [7, 11) is 0. The number of nitrogens with zero attached hydrogens (tertiary/aromatic N) is 2. The lowest BCUT2D eigenvalue weighted by atomic mass is 10.1. The summed E-state index contributed by atoms with van der Waals surface area (Å²) in [5.41, 5.74) is 5.98.